The number of carbonyl (C=O) groups is 1. The Hall–Kier alpha value is -1.80. The molecule has 0 amide bonds. The molecule has 136 valence electrons. The average Bonchev–Trinajstić information content (AvgIpc) is 2.52. The summed E-state index contributed by atoms with van der Waals surface area (Å²) in [7, 11) is 0.153. The highest BCUT2D eigenvalue weighted by atomic mass is 32.2. The van der Waals surface area contributed by atoms with E-state index >= 15 is 0 Å². The zero-order valence-corrected chi connectivity index (χ0v) is 15.7. The zero-order valence-electron chi connectivity index (χ0n) is 14.9. The van der Waals surface area contributed by atoms with Gasteiger partial charge in [0.25, 0.3) is 0 Å². The molecule has 0 unspecified atom stereocenters. The van der Waals surface area contributed by atoms with E-state index in [4.69, 9.17) is 14.2 Å². The van der Waals surface area contributed by atoms with Gasteiger partial charge in [-0.3, -0.25) is 4.79 Å². The number of rotatable bonds is 8. The van der Waals surface area contributed by atoms with Gasteiger partial charge in [-0.1, -0.05) is 13.3 Å². The fourth-order valence-corrected chi connectivity index (χ4v) is 4.16. The van der Waals surface area contributed by atoms with Gasteiger partial charge in [0.2, 0.25) is 10.0 Å². The van der Waals surface area contributed by atoms with Gasteiger partial charge in [0.05, 0.1) is 26.2 Å². The third kappa shape index (κ3) is 4.18. The smallest absolute Gasteiger partial charge is 0.326 e. The number of ether oxygens (including phenoxy) is 3. The number of nitrogens with one attached hydrogen (secondary N) is 1. The summed E-state index contributed by atoms with van der Waals surface area (Å²) in [6, 6.07) is 2.95. The van der Waals surface area contributed by atoms with Crippen LogP contribution in [0.1, 0.15) is 32.3 Å². The van der Waals surface area contributed by atoms with Crippen LogP contribution in [0.25, 0.3) is 0 Å². The molecule has 0 aliphatic heterocycles. The predicted octanol–water partition coefficient (Wildman–Crippen LogP) is 2.02. The summed E-state index contributed by atoms with van der Waals surface area (Å²) in [4.78, 5) is 12.1. The monoisotopic (exact) mass is 359 g/mol. The first-order chi connectivity index (χ1) is 11.1. The topological polar surface area (TPSA) is 90.9 Å². The van der Waals surface area contributed by atoms with Crippen LogP contribution in [0.3, 0.4) is 0 Å². The van der Waals surface area contributed by atoms with Crippen LogP contribution in [0.2, 0.25) is 0 Å². The van der Waals surface area contributed by atoms with E-state index in [2.05, 4.69) is 4.72 Å². The van der Waals surface area contributed by atoms with Gasteiger partial charge >= 0.3 is 5.97 Å². The second kappa shape index (κ2) is 7.85. The van der Waals surface area contributed by atoms with Gasteiger partial charge in [-0.2, -0.15) is 4.72 Å². The molecule has 0 fully saturated rings. The van der Waals surface area contributed by atoms with Gasteiger partial charge < -0.3 is 14.2 Å². The first-order valence-corrected chi connectivity index (χ1v) is 8.98. The molecule has 8 heteroatoms. The molecule has 0 aliphatic rings. The number of carbonyl (C=O) groups excluding carboxylic acids is 1. The summed E-state index contributed by atoms with van der Waals surface area (Å²) < 4.78 is 43.2. The molecule has 7 nitrogen and oxygen atoms in total. The number of benzene rings is 1. The third-order valence-electron chi connectivity index (χ3n) is 3.72. The maximum atomic E-state index is 12.8. The van der Waals surface area contributed by atoms with Crippen molar-refractivity contribution < 1.29 is 27.4 Å². The Kier molecular flexibility index (Phi) is 6.62. The fourth-order valence-electron chi connectivity index (χ4n) is 2.52. The summed E-state index contributed by atoms with van der Waals surface area (Å²) in [6.45, 7) is 5.01. The van der Waals surface area contributed by atoms with Crippen LogP contribution in [-0.4, -0.2) is 41.3 Å². The number of sulfonamides is 1. The SMILES string of the molecule is CCC[C@@](C)(NS(=O)(=O)c1cc(OC)c(OC)cc1C)C(=O)OC. The molecule has 0 bridgehead atoms. The number of aryl methyl sites for hydroxylation is 1. The Bertz CT molecular complexity index is 701. The lowest BCUT2D eigenvalue weighted by Gasteiger charge is -2.27. The van der Waals surface area contributed by atoms with Crippen LogP contribution in [-0.2, 0) is 19.6 Å². The molecule has 1 aromatic carbocycles. The lowest BCUT2D eigenvalue weighted by Crippen LogP contribution is -2.52. The van der Waals surface area contributed by atoms with Gasteiger partial charge in [0.15, 0.2) is 11.5 Å². The second-order valence-corrected chi connectivity index (χ2v) is 7.30. The van der Waals surface area contributed by atoms with Gasteiger partial charge in [-0.25, -0.2) is 8.42 Å². The second-order valence-electron chi connectivity index (χ2n) is 5.65. The van der Waals surface area contributed by atoms with Gasteiger partial charge in [-0.05, 0) is 31.9 Å². The van der Waals surface area contributed by atoms with Gasteiger partial charge in [0, 0.05) is 6.07 Å². The van der Waals surface area contributed by atoms with Crippen LogP contribution in [0.5, 0.6) is 11.5 Å². The van der Waals surface area contributed by atoms with E-state index in [0.717, 1.165) is 0 Å². The van der Waals surface area contributed by atoms with Crippen molar-refractivity contribution in [1.29, 1.82) is 0 Å². The van der Waals surface area contributed by atoms with E-state index in [0.29, 0.717) is 29.9 Å². The normalized spacial score (nSPS) is 13.9. The maximum absolute atomic E-state index is 12.8. The fraction of sp³-hybridized carbons (Fsp3) is 0.562. The standard InChI is InChI=1S/C16H25NO6S/c1-7-8-16(3,15(18)23-6)17-24(19,20)14-10-13(22-5)12(21-4)9-11(14)2/h9-10,17H,7-8H2,1-6H3/t16-/m1/s1. The summed E-state index contributed by atoms with van der Waals surface area (Å²) in [6.07, 6.45) is 0.921. The van der Waals surface area contributed by atoms with Gasteiger partial charge in [-0.15, -0.1) is 0 Å². The number of hydrogen-bond donors (Lipinski definition) is 1. The van der Waals surface area contributed by atoms with Crippen molar-refractivity contribution in [2.24, 2.45) is 0 Å². The molecule has 1 rings (SSSR count). The molecule has 0 radical (unpaired) electrons. The Morgan fingerprint density at radius 2 is 1.71 bits per heavy atom. The molecular weight excluding hydrogens is 334 g/mol. The maximum Gasteiger partial charge on any atom is 0.326 e. The number of methoxy groups -OCH3 is 3. The van der Waals surface area contributed by atoms with E-state index in [1.807, 2.05) is 6.92 Å². The van der Waals surface area contributed by atoms with Crippen LogP contribution in [0.15, 0.2) is 17.0 Å². The highest BCUT2D eigenvalue weighted by Gasteiger charge is 2.38. The van der Waals surface area contributed by atoms with Crippen LogP contribution >= 0.6 is 0 Å². The summed E-state index contributed by atoms with van der Waals surface area (Å²) in [5.41, 5.74) is -0.870. The van der Waals surface area contributed by atoms with E-state index in [1.165, 1.54) is 34.3 Å². The lowest BCUT2D eigenvalue weighted by molar-refractivity contribution is -0.147. The van der Waals surface area contributed by atoms with E-state index in [9.17, 15) is 13.2 Å². The highest BCUT2D eigenvalue weighted by molar-refractivity contribution is 7.89. The van der Waals surface area contributed by atoms with E-state index in [1.54, 1.807) is 13.0 Å². The third-order valence-corrected chi connectivity index (χ3v) is 5.45. The summed E-state index contributed by atoms with van der Waals surface area (Å²) in [5, 5.41) is 0. The van der Waals surface area contributed by atoms with Crippen molar-refractivity contribution >= 4 is 16.0 Å². The zero-order chi connectivity index (χ0) is 18.5. The van der Waals surface area contributed by atoms with Crippen molar-refractivity contribution in [2.75, 3.05) is 21.3 Å². The highest BCUT2D eigenvalue weighted by Crippen LogP contribution is 2.33. The van der Waals surface area contributed by atoms with Crippen LogP contribution in [0, 0.1) is 6.92 Å². The van der Waals surface area contributed by atoms with Gasteiger partial charge in [0.1, 0.15) is 5.54 Å². The van der Waals surface area contributed by atoms with Crippen molar-refractivity contribution in [1.82, 2.24) is 4.72 Å². The van der Waals surface area contributed by atoms with Crippen LogP contribution < -0.4 is 14.2 Å². The molecule has 1 atom stereocenters. The molecule has 1 aromatic rings. The number of esters is 1. The Morgan fingerprint density at radius 1 is 1.17 bits per heavy atom. The molecule has 0 spiro atoms. The first-order valence-electron chi connectivity index (χ1n) is 7.50. The summed E-state index contributed by atoms with van der Waals surface area (Å²) >= 11 is 0. The first kappa shape index (κ1) is 20.2. The minimum atomic E-state index is -3.97. The molecule has 0 saturated carbocycles. The largest absolute Gasteiger partial charge is 0.493 e. The van der Waals surface area contributed by atoms with E-state index in [-0.39, 0.29) is 4.90 Å². The Labute approximate surface area is 143 Å². The summed E-state index contributed by atoms with van der Waals surface area (Å²) in [5.74, 6) is 0.0861. The minimum Gasteiger partial charge on any atom is -0.493 e. The average molecular weight is 359 g/mol. The molecule has 1 N–H and O–H groups in total. The van der Waals surface area contributed by atoms with Crippen molar-refractivity contribution in [3.8, 4) is 11.5 Å². The lowest BCUT2D eigenvalue weighted by atomic mass is 9.98. The molecular formula is C16H25NO6S. The van der Waals surface area contributed by atoms with Crippen molar-refractivity contribution in [3.63, 3.8) is 0 Å². The molecule has 24 heavy (non-hydrogen) atoms. The predicted molar refractivity (Wildman–Crippen MR) is 89.9 cm³/mol. The quantitative estimate of drug-likeness (QED) is 0.714. The molecule has 0 aromatic heterocycles. The molecule has 0 aliphatic carbocycles. The Balaban J connectivity index is 3.36. The molecule has 0 saturated heterocycles. The van der Waals surface area contributed by atoms with Crippen molar-refractivity contribution in [3.05, 3.63) is 17.7 Å². The number of hydrogen-bond acceptors (Lipinski definition) is 6. The molecule has 0 heterocycles. The van der Waals surface area contributed by atoms with Crippen molar-refractivity contribution in [2.45, 2.75) is 44.0 Å². The minimum absolute atomic E-state index is 0.0198. The Morgan fingerprint density at radius 3 is 2.17 bits per heavy atom. The van der Waals surface area contributed by atoms with E-state index < -0.39 is 21.5 Å². The van der Waals surface area contributed by atoms with Crippen LogP contribution in [0.4, 0.5) is 0 Å².